The molecule has 1 unspecified atom stereocenters. The molecule has 2 N–H and O–H groups in total. The zero-order valence-corrected chi connectivity index (χ0v) is 22.2. The monoisotopic (exact) mass is 536 g/mol. The van der Waals surface area contributed by atoms with Gasteiger partial charge in [-0.2, -0.15) is 0 Å². The molecule has 0 spiro atoms. The summed E-state index contributed by atoms with van der Waals surface area (Å²) in [5.74, 6) is 3.31. The van der Waals surface area contributed by atoms with E-state index in [1.165, 1.54) is 0 Å². The van der Waals surface area contributed by atoms with Crippen LogP contribution in [0.1, 0.15) is 39.7 Å². The lowest BCUT2D eigenvalue weighted by molar-refractivity contribution is 0.191. The second kappa shape index (κ2) is 15.4. The lowest BCUT2D eigenvalue weighted by atomic mass is 10.0. The number of nitrogens with zero attached hydrogens (tertiary/aromatic N) is 2. The molecule has 0 amide bonds. The van der Waals surface area contributed by atoms with E-state index in [2.05, 4.69) is 48.2 Å². The van der Waals surface area contributed by atoms with Crippen molar-refractivity contribution in [1.29, 1.82) is 0 Å². The fourth-order valence-corrected chi connectivity index (χ4v) is 3.50. The zero-order chi connectivity index (χ0) is 21.8. The smallest absolute Gasteiger partial charge is 0.203 e. The maximum Gasteiger partial charge on any atom is 0.203 e. The second-order valence-electron chi connectivity index (χ2n) is 7.34. The number of aliphatic imine (C=N–C) groups is 1. The van der Waals surface area contributed by atoms with Gasteiger partial charge in [-0.15, -0.1) is 24.0 Å². The van der Waals surface area contributed by atoms with Gasteiger partial charge < -0.3 is 24.8 Å². The molecule has 0 aromatic heterocycles. The Kier molecular flexibility index (Phi) is 14.7. The molecule has 0 radical (unpaired) electrons. The molecule has 30 heavy (non-hydrogen) atoms. The van der Waals surface area contributed by atoms with E-state index < -0.39 is 0 Å². The van der Waals surface area contributed by atoms with E-state index in [1.54, 1.807) is 28.4 Å². The van der Waals surface area contributed by atoms with Crippen molar-refractivity contribution in [3.63, 3.8) is 0 Å². The Morgan fingerprint density at radius 3 is 1.97 bits per heavy atom. The Morgan fingerprint density at radius 1 is 1.00 bits per heavy atom. The highest BCUT2D eigenvalue weighted by Gasteiger charge is 2.18. The van der Waals surface area contributed by atoms with E-state index in [4.69, 9.17) is 14.2 Å². The predicted molar refractivity (Wildman–Crippen MR) is 136 cm³/mol. The van der Waals surface area contributed by atoms with Crippen LogP contribution in [0.4, 0.5) is 0 Å². The number of benzene rings is 1. The summed E-state index contributed by atoms with van der Waals surface area (Å²) in [6.07, 6.45) is 1.15. The van der Waals surface area contributed by atoms with Gasteiger partial charge in [0, 0.05) is 26.2 Å². The molecule has 0 fully saturated rings. The van der Waals surface area contributed by atoms with Crippen molar-refractivity contribution in [2.75, 3.05) is 48.0 Å². The average Bonchev–Trinajstić information content (AvgIpc) is 2.73. The number of methoxy groups -OCH3 is 3. The molecule has 1 aromatic carbocycles. The van der Waals surface area contributed by atoms with Gasteiger partial charge in [0.05, 0.1) is 21.3 Å². The van der Waals surface area contributed by atoms with Gasteiger partial charge in [0.25, 0.3) is 0 Å². The zero-order valence-electron chi connectivity index (χ0n) is 19.9. The number of rotatable bonds is 12. The van der Waals surface area contributed by atoms with Crippen molar-refractivity contribution >= 4 is 29.9 Å². The summed E-state index contributed by atoms with van der Waals surface area (Å²) < 4.78 is 16.3. The van der Waals surface area contributed by atoms with Gasteiger partial charge in [0.15, 0.2) is 17.5 Å². The minimum Gasteiger partial charge on any atom is -0.493 e. The molecular formula is C22H41IN4O3. The molecule has 1 aromatic rings. The van der Waals surface area contributed by atoms with Crippen molar-refractivity contribution in [2.24, 2.45) is 10.9 Å². The van der Waals surface area contributed by atoms with Gasteiger partial charge in [-0.1, -0.05) is 27.7 Å². The van der Waals surface area contributed by atoms with Crippen LogP contribution in [-0.4, -0.2) is 64.9 Å². The number of hydrogen-bond acceptors (Lipinski definition) is 5. The standard InChI is InChI=1S/C22H40N4O3.HI/c1-9-26(10-2)18(11-16(3)4)15-25-22(23-5)24-14-17-12-19(27-6)21(29-8)20(13-17)28-7;/h12-13,16,18H,9-11,14-15H2,1-8H3,(H2,23,24,25);1H. The normalized spacial score (nSPS) is 12.4. The van der Waals surface area contributed by atoms with Crippen LogP contribution in [0.25, 0.3) is 0 Å². The van der Waals surface area contributed by atoms with Gasteiger partial charge in [0.1, 0.15) is 0 Å². The molecule has 8 heteroatoms. The largest absolute Gasteiger partial charge is 0.493 e. The summed E-state index contributed by atoms with van der Waals surface area (Å²) in [6.45, 7) is 12.5. The first kappa shape index (κ1) is 28.6. The molecule has 174 valence electrons. The van der Waals surface area contributed by atoms with Crippen LogP contribution in [0.3, 0.4) is 0 Å². The summed E-state index contributed by atoms with van der Waals surface area (Å²) >= 11 is 0. The molecular weight excluding hydrogens is 495 g/mol. The molecule has 0 heterocycles. The third-order valence-electron chi connectivity index (χ3n) is 4.99. The highest BCUT2D eigenvalue weighted by atomic mass is 127. The highest BCUT2D eigenvalue weighted by molar-refractivity contribution is 14.0. The van der Waals surface area contributed by atoms with Crippen LogP contribution in [-0.2, 0) is 6.54 Å². The van der Waals surface area contributed by atoms with E-state index in [1.807, 2.05) is 12.1 Å². The summed E-state index contributed by atoms with van der Waals surface area (Å²) in [5.41, 5.74) is 1.02. The minimum atomic E-state index is 0. The van der Waals surface area contributed by atoms with E-state index in [0.717, 1.165) is 37.6 Å². The molecule has 0 aliphatic rings. The molecule has 0 bridgehead atoms. The number of ether oxygens (including phenoxy) is 3. The van der Waals surface area contributed by atoms with Crippen LogP contribution >= 0.6 is 24.0 Å². The average molecular weight is 536 g/mol. The highest BCUT2D eigenvalue weighted by Crippen LogP contribution is 2.38. The Balaban J connectivity index is 0.00000841. The summed E-state index contributed by atoms with van der Waals surface area (Å²) in [4.78, 5) is 6.87. The van der Waals surface area contributed by atoms with E-state index in [-0.39, 0.29) is 24.0 Å². The quantitative estimate of drug-likeness (QED) is 0.241. The number of hydrogen-bond donors (Lipinski definition) is 2. The second-order valence-corrected chi connectivity index (χ2v) is 7.34. The first-order chi connectivity index (χ1) is 13.9. The van der Waals surface area contributed by atoms with Crippen molar-refractivity contribution < 1.29 is 14.2 Å². The Bertz CT molecular complexity index is 612. The molecule has 1 atom stereocenters. The van der Waals surface area contributed by atoms with Gasteiger partial charge in [-0.3, -0.25) is 9.89 Å². The van der Waals surface area contributed by atoms with Crippen LogP contribution in [0.5, 0.6) is 17.2 Å². The topological polar surface area (TPSA) is 67.4 Å². The molecule has 7 nitrogen and oxygen atoms in total. The SMILES string of the molecule is CCN(CC)C(CNC(=NC)NCc1cc(OC)c(OC)c(OC)c1)CC(C)C.I. The Morgan fingerprint density at radius 2 is 1.57 bits per heavy atom. The maximum atomic E-state index is 5.44. The van der Waals surface area contributed by atoms with Crippen LogP contribution in [0.2, 0.25) is 0 Å². The van der Waals surface area contributed by atoms with Crippen LogP contribution in [0, 0.1) is 5.92 Å². The summed E-state index contributed by atoms with van der Waals surface area (Å²) in [7, 11) is 6.64. The summed E-state index contributed by atoms with van der Waals surface area (Å²) in [6, 6.07) is 4.36. The van der Waals surface area contributed by atoms with E-state index in [9.17, 15) is 0 Å². The number of guanidine groups is 1. The number of likely N-dealkylation sites (N-methyl/N-ethyl adjacent to an activating group) is 1. The lowest BCUT2D eigenvalue weighted by Gasteiger charge is -2.31. The number of halogens is 1. The fraction of sp³-hybridized carbons (Fsp3) is 0.682. The van der Waals surface area contributed by atoms with Crippen molar-refractivity contribution in [1.82, 2.24) is 15.5 Å². The van der Waals surface area contributed by atoms with E-state index >= 15 is 0 Å². The minimum absolute atomic E-state index is 0. The lowest BCUT2D eigenvalue weighted by Crippen LogP contribution is -2.47. The third kappa shape index (κ3) is 8.75. The van der Waals surface area contributed by atoms with Gasteiger partial charge in [-0.25, -0.2) is 0 Å². The van der Waals surface area contributed by atoms with Gasteiger partial charge in [0.2, 0.25) is 5.75 Å². The molecule has 0 saturated heterocycles. The fourth-order valence-electron chi connectivity index (χ4n) is 3.50. The predicted octanol–water partition coefficient (Wildman–Crippen LogP) is 3.75. The third-order valence-corrected chi connectivity index (χ3v) is 4.99. The van der Waals surface area contributed by atoms with Crippen molar-refractivity contribution in [2.45, 2.75) is 46.7 Å². The number of nitrogens with one attached hydrogen (secondary N) is 2. The van der Waals surface area contributed by atoms with Crippen LogP contribution < -0.4 is 24.8 Å². The van der Waals surface area contributed by atoms with Gasteiger partial charge >= 0.3 is 0 Å². The van der Waals surface area contributed by atoms with Crippen molar-refractivity contribution in [3.8, 4) is 17.2 Å². The van der Waals surface area contributed by atoms with E-state index in [0.29, 0.717) is 35.8 Å². The summed E-state index contributed by atoms with van der Waals surface area (Å²) in [5, 5.41) is 6.86. The maximum absolute atomic E-state index is 5.44. The van der Waals surface area contributed by atoms with Gasteiger partial charge in [-0.05, 0) is 43.1 Å². The molecule has 0 aliphatic heterocycles. The van der Waals surface area contributed by atoms with Crippen molar-refractivity contribution in [3.05, 3.63) is 17.7 Å². The Hall–Kier alpha value is -1.42. The first-order valence-corrected chi connectivity index (χ1v) is 10.4. The first-order valence-electron chi connectivity index (χ1n) is 10.4. The molecule has 0 aliphatic carbocycles. The Labute approximate surface area is 200 Å². The van der Waals surface area contributed by atoms with Crippen LogP contribution in [0.15, 0.2) is 17.1 Å². The molecule has 0 saturated carbocycles. The molecule has 1 rings (SSSR count).